The number of piperazine rings is 1. The first-order chi connectivity index (χ1) is 14.6. The molecule has 8 heteroatoms. The smallest absolute Gasteiger partial charge is 0.270 e. The molecule has 4 aromatic rings. The van der Waals surface area contributed by atoms with Crippen LogP contribution >= 0.6 is 27.3 Å². The first-order valence-corrected chi connectivity index (χ1v) is 11.3. The van der Waals surface area contributed by atoms with Crippen molar-refractivity contribution in [3.8, 4) is 11.1 Å². The molecule has 1 aliphatic heterocycles. The van der Waals surface area contributed by atoms with Crippen LogP contribution in [0.4, 0.5) is 16.0 Å². The van der Waals surface area contributed by atoms with Crippen LogP contribution in [0.15, 0.2) is 63.2 Å². The van der Waals surface area contributed by atoms with E-state index in [0.29, 0.717) is 42.5 Å². The highest BCUT2D eigenvalue weighted by atomic mass is 79.9. The fourth-order valence-electron chi connectivity index (χ4n) is 3.77. The Morgan fingerprint density at radius 2 is 1.70 bits per heavy atom. The summed E-state index contributed by atoms with van der Waals surface area (Å²) in [7, 11) is 0. The Morgan fingerprint density at radius 3 is 2.43 bits per heavy atom. The number of thiophene rings is 1. The van der Waals surface area contributed by atoms with Gasteiger partial charge < -0.3 is 9.80 Å². The fraction of sp³-hybridized carbons (Fsp3) is 0.182. The number of H-pyrrole nitrogens is 1. The number of para-hydroxylation sites is 1. The lowest BCUT2D eigenvalue weighted by atomic mass is 10.1. The van der Waals surface area contributed by atoms with Gasteiger partial charge in [0.2, 0.25) is 5.95 Å². The second kappa shape index (κ2) is 7.85. The maximum atomic E-state index is 14.1. The number of hydrogen-bond acceptors (Lipinski definition) is 5. The van der Waals surface area contributed by atoms with Gasteiger partial charge in [-0.3, -0.25) is 9.78 Å². The van der Waals surface area contributed by atoms with E-state index >= 15 is 0 Å². The molecular formula is C22H18BrFN4OS. The van der Waals surface area contributed by atoms with E-state index in [1.54, 1.807) is 12.1 Å². The summed E-state index contributed by atoms with van der Waals surface area (Å²) >= 11 is 4.87. The number of anilines is 2. The number of hydrogen-bond donors (Lipinski definition) is 1. The van der Waals surface area contributed by atoms with E-state index in [4.69, 9.17) is 4.98 Å². The zero-order chi connectivity index (χ0) is 20.7. The topological polar surface area (TPSA) is 52.2 Å². The van der Waals surface area contributed by atoms with Gasteiger partial charge in [-0.2, -0.15) is 0 Å². The maximum absolute atomic E-state index is 14.1. The molecule has 5 nitrogen and oxygen atoms in total. The van der Waals surface area contributed by atoms with E-state index in [1.165, 1.54) is 17.4 Å². The lowest BCUT2D eigenvalue weighted by molar-refractivity contribution is 0.594. The van der Waals surface area contributed by atoms with Gasteiger partial charge in [-0.25, -0.2) is 9.37 Å². The normalized spacial score (nSPS) is 14.5. The third-order valence-electron chi connectivity index (χ3n) is 5.34. The van der Waals surface area contributed by atoms with Gasteiger partial charge in [-0.1, -0.05) is 40.2 Å². The molecule has 0 aliphatic carbocycles. The van der Waals surface area contributed by atoms with E-state index in [-0.39, 0.29) is 11.4 Å². The molecule has 3 heterocycles. The Bertz CT molecular complexity index is 1260. The minimum absolute atomic E-state index is 0.125. The second-order valence-corrected chi connectivity index (χ2v) is 8.94. The first-order valence-electron chi connectivity index (χ1n) is 9.62. The monoisotopic (exact) mass is 484 g/mol. The summed E-state index contributed by atoms with van der Waals surface area (Å²) in [4.78, 5) is 24.5. The molecule has 30 heavy (non-hydrogen) atoms. The average molecular weight is 485 g/mol. The molecule has 0 amide bonds. The number of nitrogens with one attached hydrogen (secondary N) is 1. The lowest BCUT2D eigenvalue weighted by Crippen LogP contribution is -2.47. The predicted octanol–water partition coefficient (Wildman–Crippen LogP) is 4.88. The molecular weight excluding hydrogens is 467 g/mol. The van der Waals surface area contributed by atoms with Crippen LogP contribution in [0, 0.1) is 5.82 Å². The summed E-state index contributed by atoms with van der Waals surface area (Å²) in [6.45, 7) is 2.62. The molecule has 0 saturated carbocycles. The molecule has 0 radical (unpaired) electrons. The van der Waals surface area contributed by atoms with Crippen molar-refractivity contribution in [3.05, 3.63) is 74.6 Å². The maximum Gasteiger partial charge on any atom is 0.270 e. The van der Waals surface area contributed by atoms with E-state index < -0.39 is 0 Å². The lowest BCUT2D eigenvalue weighted by Gasteiger charge is -2.36. The summed E-state index contributed by atoms with van der Waals surface area (Å²) in [6.07, 6.45) is 0. The first kappa shape index (κ1) is 19.3. The Kier molecular flexibility index (Phi) is 5.04. The van der Waals surface area contributed by atoms with Gasteiger partial charge in [0.25, 0.3) is 5.56 Å². The van der Waals surface area contributed by atoms with E-state index in [9.17, 15) is 9.18 Å². The fourth-order valence-corrected chi connectivity index (χ4v) is 4.94. The Hall–Kier alpha value is -2.71. The van der Waals surface area contributed by atoms with Crippen molar-refractivity contribution in [1.29, 1.82) is 0 Å². The van der Waals surface area contributed by atoms with Gasteiger partial charge in [-0.05, 0) is 29.8 Å². The number of aromatic nitrogens is 2. The van der Waals surface area contributed by atoms with Gasteiger partial charge in [-0.15, -0.1) is 11.3 Å². The van der Waals surface area contributed by atoms with Crippen molar-refractivity contribution in [2.75, 3.05) is 36.0 Å². The molecule has 152 valence electrons. The number of rotatable bonds is 3. The number of nitrogens with zero attached hydrogens (tertiary/aromatic N) is 3. The SMILES string of the molecule is O=c1[nH]c(N2CCN(c3ccccc3F)CC2)nc2c(-c3ccc(Br)cc3)csc12. The van der Waals surface area contributed by atoms with Crippen LogP contribution < -0.4 is 15.4 Å². The quantitative estimate of drug-likeness (QED) is 0.450. The molecule has 0 spiro atoms. The van der Waals surface area contributed by atoms with Crippen molar-refractivity contribution in [3.63, 3.8) is 0 Å². The molecule has 0 atom stereocenters. The van der Waals surface area contributed by atoms with E-state index in [2.05, 4.69) is 25.8 Å². The van der Waals surface area contributed by atoms with Crippen molar-refractivity contribution in [2.45, 2.75) is 0 Å². The molecule has 0 bridgehead atoms. The summed E-state index contributed by atoms with van der Waals surface area (Å²) in [6, 6.07) is 14.8. The average Bonchev–Trinajstić information content (AvgIpc) is 3.19. The highest BCUT2D eigenvalue weighted by Gasteiger charge is 2.22. The van der Waals surface area contributed by atoms with Crippen LogP contribution in [0.2, 0.25) is 0 Å². The zero-order valence-corrected chi connectivity index (χ0v) is 18.3. The minimum atomic E-state index is -0.212. The molecule has 2 aromatic heterocycles. The zero-order valence-electron chi connectivity index (χ0n) is 15.9. The molecule has 2 aromatic carbocycles. The van der Waals surface area contributed by atoms with Crippen LogP contribution in [0.3, 0.4) is 0 Å². The molecule has 1 saturated heterocycles. The van der Waals surface area contributed by atoms with Gasteiger partial charge in [0.15, 0.2) is 0 Å². The molecule has 0 unspecified atom stereocenters. The van der Waals surface area contributed by atoms with E-state index in [0.717, 1.165) is 21.1 Å². The van der Waals surface area contributed by atoms with Crippen molar-refractivity contribution < 1.29 is 4.39 Å². The standard InChI is InChI=1S/C22H18BrFN4OS/c23-15-7-5-14(6-8-15)16-13-30-20-19(16)25-22(26-21(20)29)28-11-9-27(10-12-28)18-4-2-1-3-17(18)24/h1-8,13H,9-12H2,(H,25,26,29). The van der Waals surface area contributed by atoms with Gasteiger partial charge in [0, 0.05) is 41.6 Å². The number of benzene rings is 2. The van der Waals surface area contributed by atoms with Gasteiger partial charge in [0.1, 0.15) is 10.5 Å². The van der Waals surface area contributed by atoms with Crippen molar-refractivity contribution in [1.82, 2.24) is 9.97 Å². The third kappa shape index (κ3) is 3.50. The summed E-state index contributed by atoms with van der Waals surface area (Å²) in [5.41, 5.74) is 3.19. The summed E-state index contributed by atoms with van der Waals surface area (Å²) in [5, 5.41) is 1.98. The van der Waals surface area contributed by atoms with Crippen LogP contribution in [0.1, 0.15) is 0 Å². The molecule has 5 rings (SSSR count). The van der Waals surface area contributed by atoms with Gasteiger partial charge >= 0.3 is 0 Å². The number of halogens is 2. The number of aromatic amines is 1. The Morgan fingerprint density at radius 1 is 1.00 bits per heavy atom. The van der Waals surface area contributed by atoms with Gasteiger partial charge in [0.05, 0.1) is 11.2 Å². The summed E-state index contributed by atoms with van der Waals surface area (Å²) in [5.74, 6) is 0.355. The van der Waals surface area contributed by atoms with Crippen LogP contribution in [-0.4, -0.2) is 36.1 Å². The third-order valence-corrected chi connectivity index (χ3v) is 6.84. The Labute approximate surface area is 184 Å². The Balaban J connectivity index is 1.44. The van der Waals surface area contributed by atoms with Crippen LogP contribution in [0.5, 0.6) is 0 Å². The summed E-state index contributed by atoms with van der Waals surface area (Å²) < 4.78 is 15.7. The highest BCUT2D eigenvalue weighted by molar-refractivity contribution is 9.10. The predicted molar refractivity (Wildman–Crippen MR) is 124 cm³/mol. The van der Waals surface area contributed by atoms with E-state index in [1.807, 2.05) is 40.6 Å². The highest BCUT2D eigenvalue weighted by Crippen LogP contribution is 2.32. The van der Waals surface area contributed by atoms with Crippen LogP contribution in [-0.2, 0) is 0 Å². The molecule has 1 aliphatic rings. The largest absolute Gasteiger partial charge is 0.366 e. The van der Waals surface area contributed by atoms with Crippen molar-refractivity contribution >= 4 is 49.1 Å². The number of fused-ring (bicyclic) bond motifs is 1. The second-order valence-electron chi connectivity index (χ2n) is 7.15. The van der Waals surface area contributed by atoms with Crippen LogP contribution in [0.25, 0.3) is 21.3 Å². The molecule has 1 fully saturated rings. The van der Waals surface area contributed by atoms with Crippen molar-refractivity contribution in [2.24, 2.45) is 0 Å². The minimum Gasteiger partial charge on any atom is -0.366 e. The molecule has 1 N–H and O–H groups in total.